The number of ether oxygens (including phenoxy) is 2. The molecule has 2 rings (SSSR count). The van der Waals surface area contributed by atoms with Gasteiger partial charge in [0.15, 0.2) is 6.35 Å². The van der Waals surface area contributed by atoms with Crippen LogP contribution < -0.4 is 9.26 Å². The third-order valence-corrected chi connectivity index (χ3v) is 4.05. The third kappa shape index (κ3) is 5.33. The van der Waals surface area contributed by atoms with Crippen molar-refractivity contribution in [3.63, 3.8) is 0 Å². The van der Waals surface area contributed by atoms with Gasteiger partial charge in [0.25, 0.3) is 0 Å². The molecule has 7 nitrogen and oxygen atoms in total. The quantitative estimate of drug-likeness (QED) is 0.735. The summed E-state index contributed by atoms with van der Waals surface area (Å²) in [5, 5.41) is 0. The van der Waals surface area contributed by atoms with Crippen LogP contribution >= 0.6 is 7.60 Å². The highest BCUT2D eigenvalue weighted by Gasteiger charge is 2.23. The van der Waals surface area contributed by atoms with Crippen LogP contribution in [0.2, 0.25) is 0 Å². The van der Waals surface area contributed by atoms with E-state index in [2.05, 4.69) is 4.99 Å². The number of nitrogens with zero attached hydrogens (tertiary/aromatic N) is 2. The monoisotopic (exact) mass is 328 g/mol. The Bertz CT molecular complexity index is 549. The van der Waals surface area contributed by atoms with Gasteiger partial charge in [0, 0.05) is 13.1 Å². The first-order chi connectivity index (χ1) is 10.5. The molecule has 1 heterocycles. The number of benzene rings is 1. The summed E-state index contributed by atoms with van der Waals surface area (Å²) in [6.07, 6.45) is 1.22. The fraction of sp³-hybridized carbons (Fsp3) is 0.500. The molecule has 1 aromatic rings. The van der Waals surface area contributed by atoms with E-state index in [1.54, 1.807) is 37.7 Å². The van der Waals surface area contributed by atoms with E-state index in [0.29, 0.717) is 18.0 Å². The Hall–Kier alpha value is -1.56. The zero-order valence-corrected chi connectivity index (χ0v) is 13.6. The maximum Gasteiger partial charge on any atom is 0.402 e. The van der Waals surface area contributed by atoms with Crippen LogP contribution in [0.3, 0.4) is 0 Å². The highest BCUT2D eigenvalue weighted by atomic mass is 31.2. The predicted octanol–water partition coefficient (Wildman–Crippen LogP) is 1.97. The SMILES string of the molecule is COc1ccc(OP(=O)(O)COC(C)CN2C=NCC2)cc1. The van der Waals surface area contributed by atoms with Gasteiger partial charge in [0.05, 0.1) is 26.1 Å². The number of methoxy groups -OCH3 is 1. The average molecular weight is 328 g/mol. The molecule has 2 unspecified atom stereocenters. The smallest absolute Gasteiger partial charge is 0.402 e. The molecule has 1 aliphatic heterocycles. The standard InChI is InChI=1S/C14H21N2O5P/c1-12(9-16-8-7-15-10-16)20-11-22(17,18)21-14-5-3-13(19-2)4-6-14/h3-6,10,12H,7-9,11H2,1-2H3,(H,17,18). The van der Waals surface area contributed by atoms with Crippen LogP contribution in [0.25, 0.3) is 0 Å². The Balaban J connectivity index is 1.79. The second-order valence-electron chi connectivity index (χ2n) is 5.03. The summed E-state index contributed by atoms with van der Waals surface area (Å²) < 4.78 is 27.6. The largest absolute Gasteiger partial charge is 0.497 e. The van der Waals surface area contributed by atoms with Gasteiger partial charge < -0.3 is 23.8 Å². The van der Waals surface area contributed by atoms with Crippen molar-refractivity contribution in [3.8, 4) is 11.5 Å². The highest BCUT2D eigenvalue weighted by molar-refractivity contribution is 7.53. The van der Waals surface area contributed by atoms with Crippen LogP contribution in [0.1, 0.15) is 6.92 Å². The molecule has 0 fully saturated rings. The summed E-state index contributed by atoms with van der Waals surface area (Å²) >= 11 is 0. The van der Waals surface area contributed by atoms with Crippen molar-refractivity contribution in [1.82, 2.24) is 4.90 Å². The lowest BCUT2D eigenvalue weighted by Crippen LogP contribution is -2.30. The molecular weight excluding hydrogens is 307 g/mol. The van der Waals surface area contributed by atoms with Crippen molar-refractivity contribution < 1.29 is 23.5 Å². The lowest BCUT2D eigenvalue weighted by atomic mass is 10.3. The number of hydrogen-bond donors (Lipinski definition) is 1. The van der Waals surface area contributed by atoms with Crippen molar-refractivity contribution in [2.24, 2.45) is 4.99 Å². The third-order valence-electron chi connectivity index (χ3n) is 3.08. The molecular formula is C14H21N2O5P. The van der Waals surface area contributed by atoms with Gasteiger partial charge in [0.2, 0.25) is 0 Å². The molecule has 122 valence electrons. The Morgan fingerprint density at radius 1 is 1.36 bits per heavy atom. The van der Waals surface area contributed by atoms with Crippen LogP contribution in [0.4, 0.5) is 0 Å². The first kappa shape index (κ1) is 16.8. The summed E-state index contributed by atoms with van der Waals surface area (Å²) in [6, 6.07) is 6.47. The molecule has 0 amide bonds. The van der Waals surface area contributed by atoms with Gasteiger partial charge >= 0.3 is 7.60 Å². The first-order valence-corrected chi connectivity index (χ1v) is 8.76. The molecule has 0 saturated carbocycles. The second-order valence-corrected chi connectivity index (χ2v) is 6.74. The molecule has 0 aliphatic carbocycles. The minimum absolute atomic E-state index is 0.190. The Morgan fingerprint density at radius 3 is 2.64 bits per heavy atom. The van der Waals surface area contributed by atoms with Crippen molar-refractivity contribution in [2.45, 2.75) is 13.0 Å². The predicted molar refractivity (Wildman–Crippen MR) is 83.8 cm³/mol. The topological polar surface area (TPSA) is 80.6 Å². The van der Waals surface area contributed by atoms with Gasteiger partial charge in [-0.3, -0.25) is 4.99 Å². The van der Waals surface area contributed by atoms with Crippen LogP contribution in [0, 0.1) is 0 Å². The molecule has 1 aliphatic rings. The summed E-state index contributed by atoms with van der Waals surface area (Å²) in [5.41, 5.74) is 0. The van der Waals surface area contributed by atoms with Gasteiger partial charge in [-0.1, -0.05) is 0 Å². The lowest BCUT2D eigenvalue weighted by molar-refractivity contribution is 0.0747. The van der Waals surface area contributed by atoms with Crippen LogP contribution in [-0.4, -0.2) is 55.3 Å². The minimum atomic E-state index is -3.85. The molecule has 2 atom stereocenters. The van der Waals surface area contributed by atoms with Crippen LogP contribution in [0.5, 0.6) is 11.5 Å². The van der Waals surface area contributed by atoms with Crippen LogP contribution in [-0.2, 0) is 9.30 Å². The van der Waals surface area contributed by atoms with E-state index in [0.717, 1.165) is 13.1 Å². The summed E-state index contributed by atoms with van der Waals surface area (Å²) in [5.74, 6) is 0.951. The van der Waals surface area contributed by atoms with Crippen molar-refractivity contribution >= 4 is 13.9 Å². The molecule has 0 radical (unpaired) electrons. The van der Waals surface area contributed by atoms with Gasteiger partial charge in [-0.25, -0.2) is 4.57 Å². The van der Waals surface area contributed by atoms with Gasteiger partial charge in [0.1, 0.15) is 11.5 Å². The number of aliphatic imine (C=N–C) groups is 1. The molecule has 1 N–H and O–H groups in total. The zero-order chi connectivity index (χ0) is 16.0. The van der Waals surface area contributed by atoms with E-state index in [1.165, 1.54) is 0 Å². The average Bonchev–Trinajstić information content (AvgIpc) is 2.99. The van der Waals surface area contributed by atoms with E-state index in [4.69, 9.17) is 14.0 Å². The van der Waals surface area contributed by atoms with E-state index >= 15 is 0 Å². The maximum atomic E-state index is 12.0. The van der Waals surface area contributed by atoms with Crippen molar-refractivity contribution in [1.29, 1.82) is 0 Å². The maximum absolute atomic E-state index is 12.0. The fourth-order valence-corrected chi connectivity index (χ4v) is 2.93. The number of hydrogen-bond acceptors (Lipinski definition) is 6. The van der Waals surface area contributed by atoms with E-state index in [-0.39, 0.29) is 12.5 Å². The normalized spacial score (nSPS) is 18.0. The molecule has 0 aromatic heterocycles. The van der Waals surface area contributed by atoms with Crippen molar-refractivity contribution in [2.75, 3.05) is 33.1 Å². The molecule has 0 saturated heterocycles. The Kier molecular flexibility index (Phi) is 5.83. The first-order valence-electron chi connectivity index (χ1n) is 6.99. The van der Waals surface area contributed by atoms with E-state index < -0.39 is 7.60 Å². The summed E-state index contributed by atoms with van der Waals surface area (Å²) in [6.45, 7) is 4.12. The second kappa shape index (κ2) is 7.63. The van der Waals surface area contributed by atoms with E-state index in [9.17, 15) is 9.46 Å². The summed E-state index contributed by atoms with van der Waals surface area (Å²) in [7, 11) is -2.30. The van der Waals surface area contributed by atoms with Gasteiger partial charge in [-0.2, -0.15) is 0 Å². The molecule has 8 heteroatoms. The van der Waals surface area contributed by atoms with E-state index in [1.807, 2.05) is 11.8 Å². The Labute approximate surface area is 130 Å². The van der Waals surface area contributed by atoms with Crippen LogP contribution in [0.15, 0.2) is 29.3 Å². The minimum Gasteiger partial charge on any atom is -0.497 e. The lowest BCUT2D eigenvalue weighted by Gasteiger charge is -2.21. The zero-order valence-electron chi connectivity index (χ0n) is 12.7. The van der Waals surface area contributed by atoms with Crippen molar-refractivity contribution in [3.05, 3.63) is 24.3 Å². The Morgan fingerprint density at radius 2 is 2.05 bits per heavy atom. The molecule has 0 bridgehead atoms. The summed E-state index contributed by atoms with van der Waals surface area (Å²) in [4.78, 5) is 16.0. The molecule has 1 aromatic carbocycles. The molecule has 22 heavy (non-hydrogen) atoms. The molecule has 0 spiro atoms. The fourth-order valence-electron chi connectivity index (χ4n) is 1.99. The van der Waals surface area contributed by atoms with Gasteiger partial charge in [-0.15, -0.1) is 0 Å². The van der Waals surface area contributed by atoms with Gasteiger partial charge in [-0.05, 0) is 31.2 Å². The highest BCUT2D eigenvalue weighted by Crippen LogP contribution is 2.43. The number of rotatable bonds is 8.